The van der Waals surface area contributed by atoms with E-state index < -0.39 is 0 Å². The van der Waals surface area contributed by atoms with Crippen LogP contribution in [0.4, 0.5) is 15.8 Å². The maximum Gasteiger partial charge on any atom is 0.255 e. The molecule has 0 radical (unpaired) electrons. The van der Waals surface area contributed by atoms with Gasteiger partial charge in [-0.15, -0.1) is 0 Å². The predicted octanol–water partition coefficient (Wildman–Crippen LogP) is 12.8. The zero-order chi connectivity index (χ0) is 48.1. The van der Waals surface area contributed by atoms with Crippen LogP contribution in [-0.2, 0) is 0 Å². The number of nitrogens with one attached hydrogen (secondary N) is 2. The Morgan fingerprint density at radius 3 is 1.90 bits per heavy atom. The van der Waals surface area contributed by atoms with Gasteiger partial charge in [-0.2, -0.15) is 0 Å². The molecule has 2 amide bonds. The number of amides is 2. The Hall–Kier alpha value is -9.42. The molecule has 11 aromatic rings. The fourth-order valence-electron chi connectivity index (χ4n) is 8.26. The molecule has 0 saturated heterocycles. The molecule has 2 N–H and O–H groups in total. The second-order valence-corrected chi connectivity index (χ2v) is 16.7. The second kappa shape index (κ2) is 19.4. The van der Waals surface area contributed by atoms with E-state index in [9.17, 15) is 14.0 Å². The molecule has 340 valence electrons. The summed E-state index contributed by atoms with van der Waals surface area (Å²) >= 11 is 0. The van der Waals surface area contributed by atoms with Crippen LogP contribution in [0.15, 0.2) is 201 Å². The lowest BCUT2D eigenvalue weighted by molar-refractivity contribution is 0.101. The average Bonchev–Trinajstić information content (AvgIpc) is 4.02. The quantitative estimate of drug-likeness (QED) is 0.147. The summed E-state index contributed by atoms with van der Waals surface area (Å²) in [7, 11) is 0. The number of halogens is 1. The number of hydrogen-bond acceptors (Lipinski definition) is 7. The molecular formula is C58H44FN9O2. The predicted molar refractivity (Wildman–Crippen MR) is 274 cm³/mol. The minimum atomic E-state index is -0.357. The molecule has 5 aromatic heterocycles. The van der Waals surface area contributed by atoms with Crippen LogP contribution in [0, 0.1) is 26.6 Å². The van der Waals surface area contributed by atoms with Gasteiger partial charge in [0.25, 0.3) is 11.8 Å². The number of anilines is 2. The summed E-state index contributed by atoms with van der Waals surface area (Å²) < 4.78 is 17.3. The monoisotopic (exact) mass is 917 g/mol. The van der Waals surface area contributed by atoms with Crippen molar-refractivity contribution in [3.63, 3.8) is 0 Å². The Labute approximate surface area is 403 Å². The van der Waals surface area contributed by atoms with Crippen LogP contribution in [-0.4, -0.2) is 45.5 Å². The number of imidazole rings is 2. The highest BCUT2D eigenvalue weighted by Gasteiger charge is 2.21. The third-order valence-corrected chi connectivity index (χ3v) is 11.8. The molecule has 0 aliphatic heterocycles. The molecule has 11 rings (SSSR count). The minimum absolute atomic E-state index is 0.150. The van der Waals surface area contributed by atoms with Gasteiger partial charge in [-0.05, 0) is 99.1 Å². The number of carbonyl (C=O) groups is 2. The number of carbonyl (C=O) groups excluding carboxylic acids is 2. The number of aryl methyl sites for hydroxylation is 3. The number of fused-ring (bicyclic) bond motifs is 2. The van der Waals surface area contributed by atoms with Gasteiger partial charge in [-0.1, -0.05) is 102 Å². The first-order valence-corrected chi connectivity index (χ1v) is 22.6. The van der Waals surface area contributed by atoms with Gasteiger partial charge >= 0.3 is 0 Å². The maximum atomic E-state index is 13.3. The van der Waals surface area contributed by atoms with Crippen LogP contribution in [0.5, 0.6) is 0 Å². The normalized spacial score (nSPS) is 11.0. The highest BCUT2D eigenvalue weighted by Crippen LogP contribution is 2.36. The zero-order valence-electron chi connectivity index (χ0n) is 38.4. The van der Waals surface area contributed by atoms with Crippen molar-refractivity contribution in [2.75, 3.05) is 10.6 Å². The summed E-state index contributed by atoms with van der Waals surface area (Å²) in [4.78, 5) is 49.4. The SMILES string of the molecule is Cc1ccc(NC(=O)c2cc(-c3nccn4c(-c5ccccn5)ncc34)ccc2C)cc1.Cc1cccc(-c2nc(-c3ccccc3)n3ccnc(-c4cccc(C(=O)Nc5ccc(F)cc5)c4)c23)c1. The number of rotatable bonds is 9. The number of aromatic nitrogens is 7. The van der Waals surface area contributed by atoms with Crippen molar-refractivity contribution in [3.8, 4) is 56.7 Å². The van der Waals surface area contributed by atoms with Crippen molar-refractivity contribution < 1.29 is 14.0 Å². The molecule has 0 unspecified atom stereocenters. The molecule has 11 nitrogen and oxygen atoms in total. The number of hydrogen-bond donors (Lipinski definition) is 2. The molecule has 0 aliphatic carbocycles. The fraction of sp³-hybridized carbons (Fsp3) is 0.0517. The van der Waals surface area contributed by atoms with Crippen molar-refractivity contribution >= 4 is 34.2 Å². The topological polar surface area (TPSA) is 131 Å². The smallest absolute Gasteiger partial charge is 0.255 e. The Bertz CT molecular complexity index is 3680. The average molecular weight is 918 g/mol. The largest absolute Gasteiger partial charge is 0.322 e. The number of benzene rings is 6. The van der Waals surface area contributed by atoms with Gasteiger partial charge in [0.1, 0.15) is 17.3 Å². The molecule has 0 atom stereocenters. The van der Waals surface area contributed by atoms with Crippen LogP contribution in [0.1, 0.15) is 37.4 Å². The lowest BCUT2D eigenvalue weighted by Crippen LogP contribution is -2.13. The molecule has 0 fully saturated rings. The molecule has 0 bridgehead atoms. The van der Waals surface area contributed by atoms with Gasteiger partial charge in [-0.3, -0.25) is 33.3 Å². The third kappa shape index (κ3) is 9.29. The van der Waals surface area contributed by atoms with Crippen LogP contribution in [0.2, 0.25) is 0 Å². The van der Waals surface area contributed by atoms with Crippen LogP contribution in [0.3, 0.4) is 0 Å². The number of nitrogens with zero attached hydrogens (tertiary/aromatic N) is 7. The van der Waals surface area contributed by atoms with E-state index in [-0.39, 0.29) is 17.6 Å². The summed E-state index contributed by atoms with van der Waals surface area (Å²) in [6.45, 7) is 6.00. The van der Waals surface area contributed by atoms with Gasteiger partial charge in [0.05, 0.1) is 34.3 Å². The Morgan fingerprint density at radius 1 is 0.500 bits per heavy atom. The van der Waals surface area contributed by atoms with Gasteiger partial charge in [0.2, 0.25) is 0 Å². The first kappa shape index (κ1) is 44.4. The Balaban J connectivity index is 0.000000165. The second-order valence-electron chi connectivity index (χ2n) is 16.7. The molecule has 0 saturated carbocycles. The van der Waals surface area contributed by atoms with E-state index in [0.717, 1.165) is 90.1 Å². The molecule has 0 aliphatic rings. The van der Waals surface area contributed by atoms with Gasteiger partial charge in [0, 0.05) is 75.7 Å². The van der Waals surface area contributed by atoms with Gasteiger partial charge < -0.3 is 10.6 Å². The molecule has 12 heteroatoms. The molecule has 6 aromatic carbocycles. The summed E-state index contributed by atoms with van der Waals surface area (Å²) in [6, 6.07) is 50.6. The number of pyridine rings is 1. The lowest BCUT2D eigenvalue weighted by Gasteiger charge is -2.11. The standard InChI is InChI=1S/C32H23FN4O.C26H21N5O/c1-21-7-5-10-23(19-21)29-30-28(34-17-18-37(30)31(36-29)22-8-3-2-4-9-22)24-11-6-12-25(20-24)32(38)35-27-15-13-26(33)14-16-27;1-17-6-10-20(11-7-17)30-26(32)21-15-19(9-8-18(21)2)24-23-16-29-25(31(23)14-13-28-24)22-5-3-4-12-27-22/h2-20H,1H3,(H,35,38);3-16H,1-2H3,(H,30,32). The molecule has 5 heterocycles. The Morgan fingerprint density at radius 2 is 1.16 bits per heavy atom. The van der Waals surface area contributed by atoms with E-state index >= 15 is 0 Å². The van der Waals surface area contributed by atoms with Crippen LogP contribution < -0.4 is 10.6 Å². The van der Waals surface area contributed by atoms with Crippen molar-refractivity contribution in [2.45, 2.75) is 20.8 Å². The Kier molecular flexibility index (Phi) is 12.3. The summed E-state index contributed by atoms with van der Waals surface area (Å²) in [5.41, 5.74) is 13.9. The minimum Gasteiger partial charge on any atom is -0.322 e. The van der Waals surface area contributed by atoms with E-state index in [0.29, 0.717) is 16.8 Å². The first-order chi connectivity index (χ1) is 34.2. The summed E-state index contributed by atoms with van der Waals surface area (Å²) in [6.07, 6.45) is 10.8. The summed E-state index contributed by atoms with van der Waals surface area (Å²) in [5.74, 6) is 0.759. The molecule has 70 heavy (non-hydrogen) atoms. The van der Waals surface area contributed by atoms with Crippen molar-refractivity contribution in [1.82, 2.24) is 33.7 Å². The van der Waals surface area contributed by atoms with Crippen molar-refractivity contribution in [1.29, 1.82) is 0 Å². The van der Waals surface area contributed by atoms with Gasteiger partial charge in [-0.25, -0.2) is 14.4 Å². The van der Waals surface area contributed by atoms with Gasteiger partial charge in [0.15, 0.2) is 5.82 Å². The lowest BCUT2D eigenvalue weighted by atomic mass is 10.0. The fourth-order valence-corrected chi connectivity index (χ4v) is 8.26. The van der Waals surface area contributed by atoms with E-state index in [1.165, 1.54) is 24.3 Å². The van der Waals surface area contributed by atoms with Crippen molar-refractivity contribution in [3.05, 3.63) is 235 Å². The van der Waals surface area contributed by atoms with Crippen LogP contribution >= 0.6 is 0 Å². The summed E-state index contributed by atoms with van der Waals surface area (Å²) in [5, 5.41) is 5.81. The van der Waals surface area contributed by atoms with E-state index in [1.54, 1.807) is 30.9 Å². The van der Waals surface area contributed by atoms with E-state index in [4.69, 9.17) is 9.97 Å². The third-order valence-electron chi connectivity index (χ3n) is 11.8. The highest BCUT2D eigenvalue weighted by molar-refractivity contribution is 6.07. The highest BCUT2D eigenvalue weighted by atomic mass is 19.1. The first-order valence-electron chi connectivity index (χ1n) is 22.6. The van der Waals surface area contributed by atoms with Crippen LogP contribution in [0.25, 0.3) is 67.7 Å². The van der Waals surface area contributed by atoms with Crippen molar-refractivity contribution in [2.24, 2.45) is 0 Å². The zero-order valence-corrected chi connectivity index (χ0v) is 38.4. The maximum absolute atomic E-state index is 13.3. The van der Waals surface area contributed by atoms with E-state index in [1.807, 2.05) is 152 Å². The van der Waals surface area contributed by atoms with E-state index in [2.05, 4.69) is 49.0 Å². The molecule has 0 spiro atoms. The molecular weight excluding hydrogens is 874 g/mol.